The Kier molecular flexibility index (Phi) is 3.88. The number of benzene rings is 1. The van der Waals surface area contributed by atoms with Crippen molar-refractivity contribution < 1.29 is 4.79 Å². The first-order chi connectivity index (χ1) is 9.68. The number of amides is 1. The van der Waals surface area contributed by atoms with E-state index in [2.05, 4.69) is 0 Å². The topological polar surface area (TPSA) is 46.3 Å². The molecular weight excluding hydrogens is 272 g/mol. The van der Waals surface area contributed by atoms with Crippen molar-refractivity contribution in [3.8, 4) is 0 Å². The third-order valence-corrected chi connectivity index (χ3v) is 5.08. The van der Waals surface area contributed by atoms with Crippen LogP contribution in [0, 0.1) is 5.92 Å². The number of nitrogen functional groups attached to an aromatic ring is 1. The predicted octanol–water partition coefficient (Wildman–Crippen LogP) is 3.72. The normalized spacial score (nSPS) is 26.1. The summed E-state index contributed by atoms with van der Waals surface area (Å²) in [5.41, 5.74) is 6.94. The SMILES string of the molecule is Nc1cccc(Cl)c1C(=O)N1CCCC2CCCCC21. The van der Waals surface area contributed by atoms with Gasteiger partial charge in [-0.1, -0.05) is 30.5 Å². The van der Waals surface area contributed by atoms with E-state index in [0.29, 0.717) is 28.2 Å². The third kappa shape index (κ3) is 2.39. The lowest BCUT2D eigenvalue weighted by molar-refractivity contribution is 0.0392. The van der Waals surface area contributed by atoms with Crippen LogP contribution in [0.5, 0.6) is 0 Å². The summed E-state index contributed by atoms with van der Waals surface area (Å²) in [6.07, 6.45) is 7.26. The Morgan fingerprint density at radius 2 is 1.95 bits per heavy atom. The summed E-state index contributed by atoms with van der Waals surface area (Å²) in [5.74, 6) is 0.690. The molecule has 1 saturated heterocycles. The lowest BCUT2D eigenvalue weighted by atomic mass is 9.78. The Labute approximate surface area is 125 Å². The van der Waals surface area contributed by atoms with E-state index >= 15 is 0 Å². The second kappa shape index (κ2) is 5.65. The number of rotatable bonds is 1. The minimum atomic E-state index is 0.0182. The van der Waals surface area contributed by atoms with Gasteiger partial charge in [0.2, 0.25) is 0 Å². The fourth-order valence-corrected chi connectivity index (χ4v) is 4.05. The molecule has 0 spiro atoms. The van der Waals surface area contributed by atoms with Crippen LogP contribution in [0.3, 0.4) is 0 Å². The summed E-state index contributed by atoms with van der Waals surface area (Å²) in [6.45, 7) is 0.838. The number of hydrogen-bond donors (Lipinski definition) is 1. The molecule has 2 N–H and O–H groups in total. The second-order valence-corrected chi connectivity index (χ2v) is 6.36. The molecule has 0 bridgehead atoms. The highest BCUT2D eigenvalue weighted by molar-refractivity contribution is 6.34. The molecule has 1 aromatic carbocycles. The van der Waals surface area contributed by atoms with Gasteiger partial charge < -0.3 is 10.6 Å². The lowest BCUT2D eigenvalue weighted by Gasteiger charge is -2.44. The molecule has 0 aromatic heterocycles. The van der Waals surface area contributed by atoms with Crippen molar-refractivity contribution in [2.75, 3.05) is 12.3 Å². The molecule has 2 atom stereocenters. The van der Waals surface area contributed by atoms with E-state index in [1.165, 1.54) is 25.7 Å². The molecule has 2 aliphatic rings. The van der Waals surface area contributed by atoms with E-state index in [-0.39, 0.29) is 5.91 Å². The molecule has 3 nitrogen and oxygen atoms in total. The Balaban J connectivity index is 1.89. The van der Waals surface area contributed by atoms with Crippen molar-refractivity contribution in [3.63, 3.8) is 0 Å². The number of hydrogen-bond acceptors (Lipinski definition) is 2. The van der Waals surface area contributed by atoms with Gasteiger partial charge in [-0.2, -0.15) is 0 Å². The number of fused-ring (bicyclic) bond motifs is 1. The maximum absolute atomic E-state index is 12.9. The Hall–Kier alpha value is -1.22. The molecule has 108 valence electrons. The van der Waals surface area contributed by atoms with Crippen LogP contribution in [0.1, 0.15) is 48.9 Å². The van der Waals surface area contributed by atoms with Gasteiger partial charge in [0, 0.05) is 18.3 Å². The van der Waals surface area contributed by atoms with Gasteiger partial charge in [-0.05, 0) is 43.7 Å². The lowest BCUT2D eigenvalue weighted by Crippen LogP contribution is -2.49. The zero-order valence-corrected chi connectivity index (χ0v) is 12.4. The average molecular weight is 293 g/mol. The summed E-state index contributed by atoms with van der Waals surface area (Å²) >= 11 is 6.19. The molecule has 20 heavy (non-hydrogen) atoms. The summed E-state index contributed by atoms with van der Waals surface area (Å²) in [4.78, 5) is 14.9. The molecule has 1 aromatic rings. The molecule has 2 fully saturated rings. The summed E-state index contributed by atoms with van der Waals surface area (Å²) in [7, 11) is 0. The maximum Gasteiger partial charge on any atom is 0.257 e. The van der Waals surface area contributed by atoms with Gasteiger partial charge in [-0.25, -0.2) is 0 Å². The molecule has 1 aliphatic heterocycles. The van der Waals surface area contributed by atoms with Crippen molar-refractivity contribution >= 4 is 23.2 Å². The van der Waals surface area contributed by atoms with Crippen molar-refractivity contribution in [1.82, 2.24) is 4.90 Å². The van der Waals surface area contributed by atoms with Crippen LogP contribution in [-0.4, -0.2) is 23.4 Å². The number of likely N-dealkylation sites (tertiary alicyclic amines) is 1. The van der Waals surface area contributed by atoms with Crippen LogP contribution in [-0.2, 0) is 0 Å². The zero-order valence-electron chi connectivity index (χ0n) is 11.6. The Morgan fingerprint density at radius 3 is 2.75 bits per heavy atom. The molecule has 3 rings (SSSR count). The van der Waals surface area contributed by atoms with E-state index < -0.39 is 0 Å². The number of anilines is 1. The Morgan fingerprint density at radius 1 is 1.20 bits per heavy atom. The van der Waals surface area contributed by atoms with Crippen LogP contribution in [0.4, 0.5) is 5.69 Å². The van der Waals surface area contributed by atoms with Crippen LogP contribution in [0.25, 0.3) is 0 Å². The molecular formula is C16H21ClN2O. The molecule has 1 amide bonds. The fraction of sp³-hybridized carbons (Fsp3) is 0.562. The second-order valence-electron chi connectivity index (χ2n) is 5.96. The number of nitrogens with two attached hydrogens (primary N) is 1. The van der Waals surface area contributed by atoms with Crippen molar-refractivity contribution in [2.24, 2.45) is 5.92 Å². The number of halogens is 1. The van der Waals surface area contributed by atoms with Gasteiger partial charge in [0.25, 0.3) is 5.91 Å². The van der Waals surface area contributed by atoms with Crippen molar-refractivity contribution in [1.29, 1.82) is 0 Å². The van der Waals surface area contributed by atoms with Gasteiger partial charge >= 0.3 is 0 Å². The smallest absolute Gasteiger partial charge is 0.257 e. The summed E-state index contributed by atoms with van der Waals surface area (Å²) in [5, 5.41) is 0.466. The summed E-state index contributed by atoms with van der Waals surface area (Å²) in [6, 6.07) is 5.67. The van der Waals surface area contributed by atoms with Crippen LogP contribution < -0.4 is 5.73 Å². The van der Waals surface area contributed by atoms with E-state index in [1.807, 2.05) is 4.90 Å². The van der Waals surface area contributed by atoms with Gasteiger partial charge in [0.05, 0.1) is 10.6 Å². The molecule has 1 aliphatic carbocycles. The highest BCUT2D eigenvalue weighted by atomic mass is 35.5. The van der Waals surface area contributed by atoms with Gasteiger partial charge in [0.1, 0.15) is 0 Å². The first-order valence-electron chi connectivity index (χ1n) is 7.53. The molecule has 1 heterocycles. The fourth-order valence-electron chi connectivity index (χ4n) is 3.79. The van der Waals surface area contributed by atoms with Crippen LogP contribution in [0.15, 0.2) is 18.2 Å². The van der Waals surface area contributed by atoms with E-state index in [0.717, 1.165) is 19.4 Å². The minimum Gasteiger partial charge on any atom is -0.398 e. The van der Waals surface area contributed by atoms with Crippen LogP contribution in [0.2, 0.25) is 5.02 Å². The predicted molar refractivity (Wildman–Crippen MR) is 81.9 cm³/mol. The number of nitrogens with zero attached hydrogens (tertiary/aromatic N) is 1. The standard InChI is InChI=1S/C16H21ClN2O/c17-12-7-3-8-13(18)15(12)16(20)19-10-4-6-11-5-1-2-9-14(11)19/h3,7-8,11,14H,1-2,4-6,9-10,18H2. The molecule has 0 radical (unpaired) electrons. The van der Waals surface area contributed by atoms with Gasteiger partial charge in [-0.15, -0.1) is 0 Å². The van der Waals surface area contributed by atoms with Gasteiger partial charge in [0.15, 0.2) is 0 Å². The molecule has 2 unspecified atom stereocenters. The summed E-state index contributed by atoms with van der Waals surface area (Å²) < 4.78 is 0. The van der Waals surface area contributed by atoms with Crippen molar-refractivity contribution in [2.45, 2.75) is 44.6 Å². The average Bonchev–Trinajstić information content (AvgIpc) is 2.46. The minimum absolute atomic E-state index is 0.0182. The first-order valence-corrected chi connectivity index (χ1v) is 7.91. The van der Waals surface area contributed by atoms with E-state index in [4.69, 9.17) is 17.3 Å². The molecule has 4 heteroatoms. The zero-order chi connectivity index (χ0) is 14.1. The maximum atomic E-state index is 12.9. The first kappa shape index (κ1) is 13.7. The van der Waals surface area contributed by atoms with E-state index in [1.54, 1.807) is 18.2 Å². The monoisotopic (exact) mass is 292 g/mol. The number of carbonyl (C=O) groups is 1. The van der Waals surface area contributed by atoms with Crippen molar-refractivity contribution in [3.05, 3.63) is 28.8 Å². The largest absolute Gasteiger partial charge is 0.398 e. The molecule has 1 saturated carbocycles. The highest BCUT2D eigenvalue weighted by Crippen LogP contribution is 2.37. The number of carbonyl (C=O) groups excluding carboxylic acids is 1. The third-order valence-electron chi connectivity index (χ3n) is 4.76. The highest BCUT2D eigenvalue weighted by Gasteiger charge is 2.36. The Bertz CT molecular complexity index is 495. The van der Waals surface area contributed by atoms with E-state index in [9.17, 15) is 4.79 Å². The number of piperidine rings is 1. The van der Waals surface area contributed by atoms with Crippen LogP contribution >= 0.6 is 11.6 Å². The van der Waals surface area contributed by atoms with Gasteiger partial charge in [-0.3, -0.25) is 4.79 Å². The quantitative estimate of drug-likeness (QED) is 0.802.